The highest BCUT2D eigenvalue weighted by Crippen LogP contribution is 2.27. The number of alkyl halides is 1. The van der Waals surface area contributed by atoms with Gasteiger partial charge in [-0.15, -0.1) is 11.6 Å². The van der Waals surface area contributed by atoms with Gasteiger partial charge in [-0.1, -0.05) is 36.9 Å². The second kappa shape index (κ2) is 6.51. The van der Waals surface area contributed by atoms with Gasteiger partial charge in [-0.25, -0.2) is 0 Å². The molecule has 0 aliphatic heterocycles. The van der Waals surface area contributed by atoms with Crippen LogP contribution in [0.2, 0.25) is 5.02 Å². The zero-order chi connectivity index (χ0) is 12.1. The fourth-order valence-corrected chi connectivity index (χ4v) is 2.83. The summed E-state index contributed by atoms with van der Waals surface area (Å²) >= 11 is 11.8. The maximum atomic E-state index is 6.09. The number of halogens is 2. The fourth-order valence-electron chi connectivity index (χ4n) is 2.29. The lowest BCUT2D eigenvalue weighted by atomic mass is 9.90. The summed E-state index contributed by atoms with van der Waals surface area (Å²) in [6.45, 7) is 0.816. The Morgan fingerprint density at radius 1 is 1.18 bits per heavy atom. The van der Waals surface area contributed by atoms with Crippen molar-refractivity contribution in [1.29, 1.82) is 0 Å². The first kappa shape index (κ1) is 13.0. The Morgan fingerprint density at radius 2 is 1.94 bits per heavy atom. The van der Waals surface area contributed by atoms with Crippen LogP contribution in [0.25, 0.3) is 0 Å². The molecule has 1 aliphatic carbocycles. The molecule has 0 radical (unpaired) electrons. The van der Waals surface area contributed by atoms with Gasteiger partial charge in [0.2, 0.25) is 0 Å². The van der Waals surface area contributed by atoms with Gasteiger partial charge < -0.3 is 4.74 Å². The molecule has 0 atom stereocenters. The molecule has 3 heteroatoms. The molecule has 0 heterocycles. The molecule has 0 unspecified atom stereocenters. The van der Waals surface area contributed by atoms with Crippen LogP contribution in [0.5, 0.6) is 5.75 Å². The van der Waals surface area contributed by atoms with Crippen LogP contribution in [0.4, 0.5) is 0 Å². The average Bonchev–Trinajstić information content (AvgIpc) is 2.38. The van der Waals surface area contributed by atoms with Crippen molar-refractivity contribution >= 4 is 23.2 Å². The third kappa shape index (κ3) is 3.79. The highest BCUT2D eigenvalue weighted by atomic mass is 35.5. The molecule has 2 rings (SSSR count). The first-order valence-electron chi connectivity index (χ1n) is 6.27. The number of rotatable bonds is 4. The number of benzene rings is 1. The van der Waals surface area contributed by atoms with E-state index in [0.717, 1.165) is 23.8 Å². The Kier molecular flexibility index (Phi) is 4.99. The Bertz CT molecular complexity index is 359. The first-order chi connectivity index (χ1) is 8.29. The summed E-state index contributed by atoms with van der Waals surface area (Å²) in [6, 6.07) is 5.75. The van der Waals surface area contributed by atoms with Crippen LogP contribution in [-0.4, -0.2) is 6.61 Å². The quantitative estimate of drug-likeness (QED) is 0.698. The van der Waals surface area contributed by atoms with Gasteiger partial charge in [0, 0.05) is 10.9 Å². The summed E-state index contributed by atoms with van der Waals surface area (Å²) in [5.74, 6) is 2.02. The van der Waals surface area contributed by atoms with E-state index in [1.165, 1.54) is 32.1 Å². The predicted molar refractivity (Wildman–Crippen MR) is 73.1 cm³/mol. The van der Waals surface area contributed by atoms with Crippen LogP contribution >= 0.6 is 23.2 Å². The maximum Gasteiger partial charge on any atom is 0.120 e. The fraction of sp³-hybridized carbons (Fsp3) is 0.571. The monoisotopic (exact) mass is 272 g/mol. The van der Waals surface area contributed by atoms with Crippen LogP contribution in [-0.2, 0) is 5.88 Å². The molecule has 0 spiro atoms. The van der Waals surface area contributed by atoms with Gasteiger partial charge in [0.1, 0.15) is 5.75 Å². The third-order valence-electron chi connectivity index (χ3n) is 3.38. The second-order valence-electron chi connectivity index (χ2n) is 4.70. The van der Waals surface area contributed by atoms with Crippen molar-refractivity contribution in [1.82, 2.24) is 0 Å². The SMILES string of the molecule is ClCc1ccc(OCC2CCCCC2)cc1Cl. The zero-order valence-electron chi connectivity index (χ0n) is 9.92. The van der Waals surface area contributed by atoms with Crippen LogP contribution in [0.15, 0.2) is 18.2 Å². The average molecular weight is 273 g/mol. The maximum absolute atomic E-state index is 6.09. The molecule has 1 fully saturated rings. The predicted octanol–water partition coefficient (Wildman–Crippen LogP) is 5.04. The summed E-state index contributed by atoms with van der Waals surface area (Å²) in [5.41, 5.74) is 0.957. The number of hydrogen-bond donors (Lipinski definition) is 0. The van der Waals surface area contributed by atoms with E-state index in [9.17, 15) is 0 Å². The molecule has 0 N–H and O–H groups in total. The van der Waals surface area contributed by atoms with Crippen molar-refractivity contribution in [3.8, 4) is 5.75 Å². The molecule has 1 aliphatic rings. The molecule has 0 saturated heterocycles. The molecule has 0 amide bonds. The van der Waals surface area contributed by atoms with Crippen molar-refractivity contribution < 1.29 is 4.74 Å². The zero-order valence-corrected chi connectivity index (χ0v) is 11.4. The van der Waals surface area contributed by atoms with Gasteiger partial charge in [-0.05, 0) is 36.5 Å². The van der Waals surface area contributed by atoms with Crippen molar-refractivity contribution in [2.45, 2.75) is 38.0 Å². The van der Waals surface area contributed by atoms with E-state index in [2.05, 4.69) is 0 Å². The molecule has 1 aromatic rings. The number of ether oxygens (including phenoxy) is 1. The standard InChI is InChI=1S/C14H18Cl2O/c15-9-12-6-7-13(8-14(12)16)17-10-11-4-2-1-3-5-11/h6-8,11H,1-5,9-10H2. The van der Waals surface area contributed by atoms with E-state index in [1.807, 2.05) is 18.2 Å². The summed E-state index contributed by atoms with van der Waals surface area (Å²) in [6.07, 6.45) is 6.67. The van der Waals surface area contributed by atoms with Crippen LogP contribution in [0, 0.1) is 5.92 Å². The van der Waals surface area contributed by atoms with E-state index >= 15 is 0 Å². The number of hydrogen-bond acceptors (Lipinski definition) is 1. The van der Waals surface area contributed by atoms with E-state index < -0.39 is 0 Å². The van der Waals surface area contributed by atoms with Crippen molar-refractivity contribution in [2.75, 3.05) is 6.61 Å². The molecule has 94 valence electrons. The van der Waals surface area contributed by atoms with Gasteiger partial charge in [-0.3, -0.25) is 0 Å². The lowest BCUT2D eigenvalue weighted by Crippen LogP contribution is -2.15. The molecule has 17 heavy (non-hydrogen) atoms. The minimum atomic E-state index is 0.446. The van der Waals surface area contributed by atoms with Gasteiger partial charge in [0.25, 0.3) is 0 Å². The lowest BCUT2D eigenvalue weighted by molar-refractivity contribution is 0.209. The van der Waals surface area contributed by atoms with Crippen molar-refractivity contribution in [3.63, 3.8) is 0 Å². The minimum Gasteiger partial charge on any atom is -0.493 e. The van der Waals surface area contributed by atoms with Crippen LogP contribution < -0.4 is 4.74 Å². The van der Waals surface area contributed by atoms with E-state index in [4.69, 9.17) is 27.9 Å². The third-order valence-corrected chi connectivity index (χ3v) is 4.02. The van der Waals surface area contributed by atoms with Crippen LogP contribution in [0.1, 0.15) is 37.7 Å². The minimum absolute atomic E-state index is 0.446. The molecular weight excluding hydrogens is 255 g/mol. The molecule has 1 aromatic carbocycles. The normalized spacial score (nSPS) is 17.1. The Balaban J connectivity index is 1.87. The largest absolute Gasteiger partial charge is 0.493 e. The topological polar surface area (TPSA) is 9.23 Å². The van der Waals surface area contributed by atoms with Gasteiger partial charge in [0.05, 0.1) is 6.61 Å². The van der Waals surface area contributed by atoms with E-state index in [-0.39, 0.29) is 0 Å². The highest BCUT2D eigenvalue weighted by Gasteiger charge is 2.14. The Morgan fingerprint density at radius 3 is 2.59 bits per heavy atom. The highest BCUT2D eigenvalue weighted by molar-refractivity contribution is 6.32. The van der Waals surface area contributed by atoms with Crippen molar-refractivity contribution in [2.24, 2.45) is 5.92 Å². The lowest BCUT2D eigenvalue weighted by Gasteiger charge is -2.21. The summed E-state index contributed by atoms with van der Waals surface area (Å²) in [5, 5.41) is 0.696. The summed E-state index contributed by atoms with van der Waals surface area (Å²) in [4.78, 5) is 0. The van der Waals surface area contributed by atoms with Gasteiger partial charge in [-0.2, -0.15) is 0 Å². The van der Waals surface area contributed by atoms with E-state index in [1.54, 1.807) is 0 Å². The molecule has 0 bridgehead atoms. The second-order valence-corrected chi connectivity index (χ2v) is 5.38. The smallest absolute Gasteiger partial charge is 0.120 e. The van der Waals surface area contributed by atoms with E-state index in [0.29, 0.717) is 10.9 Å². The Labute approximate surface area is 113 Å². The molecular formula is C14H18Cl2O. The molecule has 0 aromatic heterocycles. The van der Waals surface area contributed by atoms with Gasteiger partial charge in [0.15, 0.2) is 0 Å². The molecule has 1 nitrogen and oxygen atoms in total. The first-order valence-corrected chi connectivity index (χ1v) is 7.18. The summed E-state index contributed by atoms with van der Waals surface area (Å²) in [7, 11) is 0. The van der Waals surface area contributed by atoms with Gasteiger partial charge >= 0.3 is 0 Å². The molecule has 1 saturated carbocycles. The summed E-state index contributed by atoms with van der Waals surface area (Å²) < 4.78 is 5.80. The van der Waals surface area contributed by atoms with Crippen LogP contribution in [0.3, 0.4) is 0 Å². The van der Waals surface area contributed by atoms with Crippen molar-refractivity contribution in [3.05, 3.63) is 28.8 Å². The Hall–Kier alpha value is -0.400.